The summed E-state index contributed by atoms with van der Waals surface area (Å²) in [4.78, 5) is 4.36. The summed E-state index contributed by atoms with van der Waals surface area (Å²) in [6, 6.07) is 11.2. The van der Waals surface area contributed by atoms with Crippen LogP contribution in [0, 0.1) is 6.92 Å². The van der Waals surface area contributed by atoms with E-state index in [1.165, 1.54) is 23.1 Å². The standard InChI is InChI=1S/C20H27N3O/c1-15-4-9-20(23-14-15)22-11-3-10-21-18-7-5-16-6-8-19(24-2)13-17(16)12-18/h4,6,8-9,13-14,18,21H,3,5,7,10-12H2,1-2H3,(H,22,23). The first-order chi connectivity index (χ1) is 11.7. The molecule has 128 valence electrons. The van der Waals surface area contributed by atoms with Gasteiger partial charge in [0, 0.05) is 18.8 Å². The molecule has 0 bridgehead atoms. The van der Waals surface area contributed by atoms with Gasteiger partial charge in [-0.25, -0.2) is 4.98 Å². The molecule has 0 aliphatic heterocycles. The third kappa shape index (κ3) is 4.48. The van der Waals surface area contributed by atoms with Crippen molar-refractivity contribution in [2.24, 2.45) is 0 Å². The normalized spacial score (nSPS) is 16.5. The molecule has 2 N–H and O–H groups in total. The summed E-state index contributed by atoms with van der Waals surface area (Å²) in [7, 11) is 1.73. The molecule has 1 heterocycles. The van der Waals surface area contributed by atoms with Gasteiger partial charge in [0.25, 0.3) is 0 Å². The number of ether oxygens (including phenoxy) is 1. The molecule has 1 atom stereocenters. The number of anilines is 1. The fourth-order valence-electron chi connectivity index (χ4n) is 3.22. The van der Waals surface area contributed by atoms with E-state index in [2.05, 4.69) is 46.8 Å². The number of methoxy groups -OCH3 is 1. The van der Waals surface area contributed by atoms with Gasteiger partial charge in [0.15, 0.2) is 0 Å². The number of hydrogen-bond acceptors (Lipinski definition) is 4. The summed E-state index contributed by atoms with van der Waals surface area (Å²) in [6.45, 7) is 4.03. The van der Waals surface area contributed by atoms with E-state index in [0.717, 1.165) is 43.9 Å². The molecular weight excluding hydrogens is 298 g/mol. The molecule has 3 rings (SSSR count). The average molecular weight is 325 g/mol. The lowest BCUT2D eigenvalue weighted by atomic mass is 9.88. The third-order valence-electron chi connectivity index (χ3n) is 4.65. The Labute approximate surface area is 144 Å². The second kappa shape index (κ2) is 8.15. The van der Waals surface area contributed by atoms with Crippen LogP contribution >= 0.6 is 0 Å². The topological polar surface area (TPSA) is 46.2 Å². The first kappa shape index (κ1) is 16.8. The van der Waals surface area contributed by atoms with E-state index in [1.807, 2.05) is 12.3 Å². The number of benzene rings is 1. The number of pyridine rings is 1. The fourth-order valence-corrected chi connectivity index (χ4v) is 3.22. The summed E-state index contributed by atoms with van der Waals surface area (Å²) in [5, 5.41) is 7.07. The van der Waals surface area contributed by atoms with Crippen LogP contribution in [0.4, 0.5) is 5.82 Å². The summed E-state index contributed by atoms with van der Waals surface area (Å²) in [6.07, 6.45) is 6.46. The molecule has 1 unspecified atom stereocenters. The molecule has 24 heavy (non-hydrogen) atoms. The molecule has 4 nitrogen and oxygen atoms in total. The molecular formula is C20H27N3O. The molecule has 1 aromatic carbocycles. The van der Waals surface area contributed by atoms with Crippen molar-refractivity contribution in [2.75, 3.05) is 25.5 Å². The molecule has 1 aromatic heterocycles. The van der Waals surface area contributed by atoms with Gasteiger partial charge in [-0.1, -0.05) is 12.1 Å². The van der Waals surface area contributed by atoms with Crippen LogP contribution in [0.25, 0.3) is 0 Å². The number of fused-ring (bicyclic) bond motifs is 1. The van der Waals surface area contributed by atoms with Crippen molar-refractivity contribution in [3.63, 3.8) is 0 Å². The number of hydrogen-bond donors (Lipinski definition) is 2. The van der Waals surface area contributed by atoms with Crippen LogP contribution in [-0.2, 0) is 12.8 Å². The van der Waals surface area contributed by atoms with E-state index < -0.39 is 0 Å². The maximum Gasteiger partial charge on any atom is 0.125 e. The lowest BCUT2D eigenvalue weighted by Crippen LogP contribution is -2.35. The number of aryl methyl sites for hydroxylation is 2. The van der Waals surface area contributed by atoms with Crippen molar-refractivity contribution in [1.29, 1.82) is 0 Å². The summed E-state index contributed by atoms with van der Waals surface area (Å²) in [5.74, 6) is 1.92. The first-order valence-electron chi connectivity index (χ1n) is 8.80. The van der Waals surface area contributed by atoms with E-state index in [4.69, 9.17) is 4.74 Å². The second-order valence-electron chi connectivity index (χ2n) is 6.53. The van der Waals surface area contributed by atoms with Crippen LogP contribution in [0.5, 0.6) is 5.75 Å². The van der Waals surface area contributed by atoms with Gasteiger partial charge in [-0.05, 0) is 74.0 Å². The number of rotatable bonds is 7. The molecule has 0 saturated heterocycles. The highest BCUT2D eigenvalue weighted by Gasteiger charge is 2.18. The quantitative estimate of drug-likeness (QED) is 0.767. The van der Waals surface area contributed by atoms with Crippen LogP contribution in [0.2, 0.25) is 0 Å². The molecule has 0 saturated carbocycles. The molecule has 2 aromatic rings. The number of aromatic nitrogens is 1. The maximum atomic E-state index is 5.34. The maximum absolute atomic E-state index is 5.34. The Bertz CT molecular complexity index is 654. The molecule has 0 radical (unpaired) electrons. The SMILES string of the molecule is COc1ccc2c(c1)CC(NCCCNc1ccc(C)cn1)CC2. The highest BCUT2D eigenvalue weighted by Crippen LogP contribution is 2.25. The summed E-state index contributed by atoms with van der Waals surface area (Å²) < 4.78 is 5.34. The number of nitrogens with one attached hydrogen (secondary N) is 2. The zero-order chi connectivity index (χ0) is 16.8. The monoisotopic (exact) mass is 325 g/mol. The van der Waals surface area contributed by atoms with Crippen molar-refractivity contribution in [3.05, 3.63) is 53.2 Å². The van der Waals surface area contributed by atoms with Crippen molar-refractivity contribution >= 4 is 5.82 Å². The lowest BCUT2D eigenvalue weighted by Gasteiger charge is -2.26. The van der Waals surface area contributed by atoms with E-state index in [9.17, 15) is 0 Å². The Morgan fingerprint density at radius 3 is 2.88 bits per heavy atom. The van der Waals surface area contributed by atoms with Crippen molar-refractivity contribution in [1.82, 2.24) is 10.3 Å². The summed E-state index contributed by atoms with van der Waals surface area (Å²) >= 11 is 0. The largest absolute Gasteiger partial charge is 0.497 e. The fraction of sp³-hybridized carbons (Fsp3) is 0.450. The van der Waals surface area contributed by atoms with E-state index in [-0.39, 0.29) is 0 Å². The molecule has 0 spiro atoms. The molecule has 1 aliphatic carbocycles. The Kier molecular flexibility index (Phi) is 5.70. The Hall–Kier alpha value is -2.07. The van der Waals surface area contributed by atoms with Crippen molar-refractivity contribution in [3.8, 4) is 5.75 Å². The Balaban J connectivity index is 1.39. The minimum Gasteiger partial charge on any atom is -0.497 e. The predicted molar refractivity (Wildman–Crippen MR) is 98.9 cm³/mol. The first-order valence-corrected chi connectivity index (χ1v) is 8.80. The van der Waals surface area contributed by atoms with Gasteiger partial charge in [-0.3, -0.25) is 0 Å². The molecule has 4 heteroatoms. The van der Waals surface area contributed by atoms with Gasteiger partial charge >= 0.3 is 0 Å². The average Bonchev–Trinajstić information content (AvgIpc) is 2.62. The van der Waals surface area contributed by atoms with Crippen LogP contribution in [0.15, 0.2) is 36.5 Å². The minimum absolute atomic E-state index is 0.571. The van der Waals surface area contributed by atoms with Crippen LogP contribution in [-0.4, -0.2) is 31.2 Å². The van der Waals surface area contributed by atoms with Gasteiger partial charge in [-0.2, -0.15) is 0 Å². The predicted octanol–water partition coefficient (Wildman–Crippen LogP) is 3.35. The number of nitrogens with zero attached hydrogens (tertiary/aromatic N) is 1. The van der Waals surface area contributed by atoms with Gasteiger partial charge in [-0.15, -0.1) is 0 Å². The second-order valence-corrected chi connectivity index (χ2v) is 6.53. The van der Waals surface area contributed by atoms with E-state index >= 15 is 0 Å². The van der Waals surface area contributed by atoms with E-state index in [1.54, 1.807) is 7.11 Å². The Morgan fingerprint density at radius 2 is 2.08 bits per heavy atom. The van der Waals surface area contributed by atoms with Crippen molar-refractivity contribution in [2.45, 2.75) is 38.6 Å². The highest BCUT2D eigenvalue weighted by atomic mass is 16.5. The van der Waals surface area contributed by atoms with Crippen LogP contribution < -0.4 is 15.4 Å². The van der Waals surface area contributed by atoms with Gasteiger partial charge < -0.3 is 15.4 Å². The lowest BCUT2D eigenvalue weighted by molar-refractivity contribution is 0.411. The van der Waals surface area contributed by atoms with Gasteiger partial charge in [0.2, 0.25) is 0 Å². The zero-order valence-corrected chi connectivity index (χ0v) is 14.6. The Morgan fingerprint density at radius 1 is 1.17 bits per heavy atom. The minimum atomic E-state index is 0.571. The van der Waals surface area contributed by atoms with Crippen molar-refractivity contribution < 1.29 is 4.74 Å². The van der Waals surface area contributed by atoms with Gasteiger partial charge in [0.05, 0.1) is 7.11 Å². The zero-order valence-electron chi connectivity index (χ0n) is 14.6. The van der Waals surface area contributed by atoms with Gasteiger partial charge in [0.1, 0.15) is 11.6 Å². The third-order valence-corrected chi connectivity index (χ3v) is 4.65. The highest BCUT2D eigenvalue weighted by molar-refractivity contribution is 5.38. The van der Waals surface area contributed by atoms with E-state index in [0.29, 0.717) is 6.04 Å². The molecule has 0 amide bonds. The molecule has 1 aliphatic rings. The van der Waals surface area contributed by atoms with Crippen LogP contribution in [0.3, 0.4) is 0 Å². The smallest absolute Gasteiger partial charge is 0.125 e. The van der Waals surface area contributed by atoms with Crippen LogP contribution in [0.1, 0.15) is 29.5 Å². The summed E-state index contributed by atoms with van der Waals surface area (Å²) in [5.41, 5.74) is 4.09. The molecule has 0 fully saturated rings.